The van der Waals surface area contributed by atoms with Crippen molar-refractivity contribution in [2.45, 2.75) is 82.7 Å². The van der Waals surface area contributed by atoms with Gasteiger partial charge in [-0.25, -0.2) is 0 Å². The molecule has 3 N–H and O–H groups in total. The van der Waals surface area contributed by atoms with Gasteiger partial charge in [0.25, 0.3) is 0 Å². The van der Waals surface area contributed by atoms with Crippen LogP contribution in [0.1, 0.15) is 58.3 Å². The van der Waals surface area contributed by atoms with Crippen molar-refractivity contribution in [2.75, 3.05) is 0 Å². The second-order valence-corrected chi connectivity index (χ2v) is 6.40. The SMILES string of the molecule is CCC(O)C1CC(O)C(CC=CCC=CCC=CCCCC(=O)O)O1. The van der Waals surface area contributed by atoms with Crippen molar-refractivity contribution in [3.05, 3.63) is 36.5 Å². The predicted molar refractivity (Wildman–Crippen MR) is 98.3 cm³/mol. The molecule has 1 heterocycles. The number of carbonyl (C=O) groups is 1. The summed E-state index contributed by atoms with van der Waals surface area (Å²) in [6, 6.07) is 0. The van der Waals surface area contributed by atoms with Crippen LogP contribution in [0, 0.1) is 0 Å². The molecule has 0 aromatic heterocycles. The maximum Gasteiger partial charge on any atom is 0.303 e. The van der Waals surface area contributed by atoms with Crippen LogP contribution in [0.15, 0.2) is 36.5 Å². The van der Waals surface area contributed by atoms with Gasteiger partial charge in [-0.3, -0.25) is 4.79 Å². The predicted octanol–water partition coefficient (Wildman–Crippen LogP) is 3.37. The highest BCUT2D eigenvalue weighted by molar-refractivity contribution is 5.66. The van der Waals surface area contributed by atoms with E-state index >= 15 is 0 Å². The number of aliphatic carboxylic acids is 1. The fourth-order valence-electron chi connectivity index (χ4n) is 2.75. The normalized spacial score (nSPS) is 25.5. The van der Waals surface area contributed by atoms with Gasteiger partial charge in [0.2, 0.25) is 0 Å². The van der Waals surface area contributed by atoms with Crippen LogP contribution in [0.25, 0.3) is 0 Å². The highest BCUT2D eigenvalue weighted by Crippen LogP contribution is 2.26. The number of ether oxygens (including phenoxy) is 1. The molecule has 142 valence electrons. The lowest BCUT2D eigenvalue weighted by molar-refractivity contribution is -0.137. The number of rotatable bonds is 12. The van der Waals surface area contributed by atoms with Gasteiger partial charge < -0.3 is 20.1 Å². The van der Waals surface area contributed by atoms with Gasteiger partial charge in [0, 0.05) is 12.8 Å². The summed E-state index contributed by atoms with van der Waals surface area (Å²) in [6.07, 6.45) is 16.0. The smallest absolute Gasteiger partial charge is 0.303 e. The quantitative estimate of drug-likeness (QED) is 0.370. The summed E-state index contributed by atoms with van der Waals surface area (Å²) >= 11 is 0. The first-order valence-electron chi connectivity index (χ1n) is 9.23. The molecule has 1 saturated heterocycles. The van der Waals surface area contributed by atoms with E-state index in [1.54, 1.807) is 0 Å². The molecule has 0 bridgehead atoms. The van der Waals surface area contributed by atoms with Crippen LogP contribution in [-0.2, 0) is 9.53 Å². The first-order valence-corrected chi connectivity index (χ1v) is 9.23. The van der Waals surface area contributed by atoms with Crippen molar-refractivity contribution < 1.29 is 24.9 Å². The summed E-state index contributed by atoms with van der Waals surface area (Å²) in [4.78, 5) is 10.3. The van der Waals surface area contributed by atoms with Crippen LogP contribution in [0.2, 0.25) is 0 Å². The molecule has 0 amide bonds. The summed E-state index contributed by atoms with van der Waals surface area (Å²) < 4.78 is 5.72. The van der Waals surface area contributed by atoms with Crippen LogP contribution in [-0.4, -0.2) is 45.7 Å². The van der Waals surface area contributed by atoms with Crippen molar-refractivity contribution >= 4 is 5.97 Å². The fourth-order valence-corrected chi connectivity index (χ4v) is 2.75. The van der Waals surface area contributed by atoms with E-state index in [0.29, 0.717) is 25.7 Å². The zero-order valence-corrected chi connectivity index (χ0v) is 15.1. The molecule has 1 aliphatic rings. The molecule has 1 fully saturated rings. The number of carboxylic acids is 1. The molecule has 5 nitrogen and oxygen atoms in total. The standard InChI is InChI=1S/C20H32O5/c1-2-16(21)19-15-17(22)18(25-19)13-11-9-7-5-3-4-6-8-10-12-14-20(23)24/h3,5-6,8-9,11,16-19,21-22H,2,4,7,10,12-15H2,1H3,(H,23,24). The van der Waals surface area contributed by atoms with Crippen LogP contribution in [0.4, 0.5) is 0 Å². The molecule has 0 spiro atoms. The second kappa shape index (κ2) is 12.9. The van der Waals surface area contributed by atoms with E-state index in [1.807, 2.05) is 31.2 Å². The van der Waals surface area contributed by atoms with Crippen molar-refractivity contribution in [1.29, 1.82) is 0 Å². The average molecular weight is 352 g/mol. The first-order chi connectivity index (χ1) is 12.0. The maximum atomic E-state index is 10.3. The van der Waals surface area contributed by atoms with Gasteiger partial charge >= 0.3 is 5.97 Å². The van der Waals surface area contributed by atoms with E-state index in [2.05, 4.69) is 12.2 Å². The van der Waals surface area contributed by atoms with Crippen molar-refractivity contribution in [1.82, 2.24) is 0 Å². The molecule has 1 rings (SSSR count). The van der Waals surface area contributed by atoms with E-state index in [1.165, 1.54) is 0 Å². The molecule has 4 atom stereocenters. The lowest BCUT2D eigenvalue weighted by atomic mass is 10.0. The highest BCUT2D eigenvalue weighted by atomic mass is 16.5. The number of carboxylic acid groups (broad SMARTS) is 1. The van der Waals surface area contributed by atoms with E-state index in [9.17, 15) is 15.0 Å². The summed E-state index contributed by atoms with van der Waals surface area (Å²) in [5.41, 5.74) is 0. The van der Waals surface area contributed by atoms with Crippen LogP contribution in [0.5, 0.6) is 0 Å². The lowest BCUT2D eigenvalue weighted by Gasteiger charge is -2.16. The Balaban J connectivity index is 2.10. The molecule has 5 heteroatoms. The van der Waals surface area contributed by atoms with Crippen molar-refractivity contribution in [3.63, 3.8) is 0 Å². The molecule has 0 aromatic rings. The largest absolute Gasteiger partial charge is 0.481 e. The molecule has 1 aliphatic heterocycles. The Labute approximate surface area is 150 Å². The summed E-state index contributed by atoms with van der Waals surface area (Å²) in [6.45, 7) is 1.91. The van der Waals surface area contributed by atoms with E-state index in [4.69, 9.17) is 9.84 Å². The monoisotopic (exact) mass is 352 g/mol. The molecule has 0 aliphatic carbocycles. The Bertz CT molecular complexity index is 455. The minimum absolute atomic E-state index is 0.222. The van der Waals surface area contributed by atoms with Gasteiger partial charge in [0.05, 0.1) is 24.4 Å². The number of hydrogen-bond donors (Lipinski definition) is 3. The average Bonchev–Trinajstić information content (AvgIpc) is 2.95. The van der Waals surface area contributed by atoms with Gasteiger partial charge in [-0.1, -0.05) is 43.4 Å². The molecule has 0 aromatic carbocycles. The fraction of sp³-hybridized carbons (Fsp3) is 0.650. The van der Waals surface area contributed by atoms with E-state index in [0.717, 1.165) is 19.3 Å². The minimum atomic E-state index is -0.743. The second-order valence-electron chi connectivity index (χ2n) is 6.40. The maximum absolute atomic E-state index is 10.3. The molecular weight excluding hydrogens is 320 g/mol. The van der Waals surface area contributed by atoms with Gasteiger partial charge in [-0.05, 0) is 38.5 Å². The Morgan fingerprint density at radius 3 is 2.44 bits per heavy atom. The number of aliphatic hydroxyl groups excluding tert-OH is 2. The Morgan fingerprint density at radius 2 is 1.80 bits per heavy atom. The van der Waals surface area contributed by atoms with Gasteiger partial charge in [0.15, 0.2) is 0 Å². The molecule has 25 heavy (non-hydrogen) atoms. The third-order valence-electron chi connectivity index (χ3n) is 4.27. The first kappa shape index (κ1) is 21.6. The number of allylic oxidation sites excluding steroid dienone is 5. The van der Waals surface area contributed by atoms with Gasteiger partial charge in [-0.15, -0.1) is 0 Å². The summed E-state index contributed by atoms with van der Waals surface area (Å²) in [5.74, 6) is -0.743. The lowest BCUT2D eigenvalue weighted by Crippen LogP contribution is -2.25. The Morgan fingerprint density at radius 1 is 1.16 bits per heavy atom. The van der Waals surface area contributed by atoms with Crippen molar-refractivity contribution in [3.8, 4) is 0 Å². The summed E-state index contributed by atoms with van der Waals surface area (Å²) in [5, 5.41) is 28.3. The highest BCUT2D eigenvalue weighted by Gasteiger charge is 2.36. The number of hydrogen-bond acceptors (Lipinski definition) is 4. The molecular formula is C20H32O5. The Hall–Kier alpha value is -1.43. The van der Waals surface area contributed by atoms with Crippen LogP contribution < -0.4 is 0 Å². The van der Waals surface area contributed by atoms with Gasteiger partial charge in [-0.2, -0.15) is 0 Å². The number of aliphatic hydroxyl groups is 2. The van der Waals surface area contributed by atoms with E-state index < -0.39 is 18.2 Å². The zero-order chi connectivity index (χ0) is 18.5. The molecule has 0 saturated carbocycles. The molecule has 0 radical (unpaired) electrons. The van der Waals surface area contributed by atoms with E-state index in [-0.39, 0.29) is 18.6 Å². The zero-order valence-electron chi connectivity index (χ0n) is 15.1. The van der Waals surface area contributed by atoms with Gasteiger partial charge in [0.1, 0.15) is 0 Å². The number of unbranched alkanes of at least 4 members (excludes halogenated alkanes) is 1. The minimum Gasteiger partial charge on any atom is -0.481 e. The van der Waals surface area contributed by atoms with Crippen LogP contribution in [0.3, 0.4) is 0 Å². The van der Waals surface area contributed by atoms with Crippen LogP contribution >= 0.6 is 0 Å². The molecule has 4 unspecified atom stereocenters. The third-order valence-corrected chi connectivity index (χ3v) is 4.27. The summed E-state index contributed by atoms with van der Waals surface area (Å²) in [7, 11) is 0. The third kappa shape index (κ3) is 9.58. The topological polar surface area (TPSA) is 87.0 Å². The van der Waals surface area contributed by atoms with Crippen molar-refractivity contribution in [2.24, 2.45) is 0 Å². The Kier molecular flexibility index (Phi) is 11.1.